The molecular weight excluding hydrogens is 252 g/mol. The molecule has 0 saturated carbocycles. The highest BCUT2D eigenvalue weighted by Crippen LogP contribution is 2.07. The zero-order valence-corrected chi connectivity index (χ0v) is 11.4. The molecule has 18 heavy (non-hydrogen) atoms. The topological polar surface area (TPSA) is 94.0 Å². The van der Waals surface area contributed by atoms with Crippen molar-refractivity contribution in [1.29, 1.82) is 0 Å². The lowest BCUT2D eigenvalue weighted by Crippen LogP contribution is -2.38. The zero-order valence-electron chi connectivity index (χ0n) is 10.6. The number of thiocarbonyl (C=S) groups is 1. The van der Waals surface area contributed by atoms with E-state index in [9.17, 15) is 4.79 Å². The van der Waals surface area contributed by atoms with E-state index in [1.807, 2.05) is 6.92 Å². The van der Waals surface area contributed by atoms with Crippen LogP contribution in [0.2, 0.25) is 0 Å². The van der Waals surface area contributed by atoms with Crippen molar-refractivity contribution >= 4 is 23.1 Å². The van der Waals surface area contributed by atoms with Crippen molar-refractivity contribution < 1.29 is 9.32 Å². The molecule has 6 nitrogen and oxygen atoms in total. The number of carbonyl (C=O) groups excluding carboxylic acids is 1. The van der Waals surface area contributed by atoms with Crippen LogP contribution in [0.3, 0.4) is 0 Å². The van der Waals surface area contributed by atoms with Crippen LogP contribution in [0, 0.1) is 12.8 Å². The van der Waals surface area contributed by atoms with Crippen LogP contribution in [0.1, 0.15) is 31.5 Å². The Kier molecular flexibility index (Phi) is 5.70. The van der Waals surface area contributed by atoms with Crippen molar-refractivity contribution in [3.63, 3.8) is 0 Å². The molecule has 7 heteroatoms. The SMILES string of the molecule is CCCC(C(=O)NCCc1nc(C)no1)C(N)=S. The fraction of sp³-hybridized carbons (Fsp3) is 0.636. The largest absolute Gasteiger partial charge is 0.393 e. The van der Waals surface area contributed by atoms with E-state index < -0.39 is 5.92 Å². The van der Waals surface area contributed by atoms with Crippen LogP contribution in [-0.2, 0) is 11.2 Å². The van der Waals surface area contributed by atoms with Crippen molar-refractivity contribution in [2.75, 3.05) is 6.54 Å². The van der Waals surface area contributed by atoms with E-state index in [2.05, 4.69) is 15.5 Å². The maximum absolute atomic E-state index is 11.8. The Morgan fingerprint density at radius 1 is 1.61 bits per heavy atom. The van der Waals surface area contributed by atoms with Crippen molar-refractivity contribution in [1.82, 2.24) is 15.5 Å². The Labute approximate surface area is 111 Å². The maximum Gasteiger partial charge on any atom is 0.229 e. The Hall–Kier alpha value is -1.50. The molecule has 0 saturated heterocycles. The number of hydrogen-bond acceptors (Lipinski definition) is 5. The number of nitrogens with zero attached hydrogens (tertiary/aromatic N) is 2. The molecule has 1 amide bonds. The van der Waals surface area contributed by atoms with Gasteiger partial charge in [-0.15, -0.1) is 0 Å². The molecule has 0 radical (unpaired) electrons. The predicted molar refractivity (Wildman–Crippen MR) is 70.9 cm³/mol. The molecule has 1 rings (SSSR count). The van der Waals surface area contributed by atoms with Gasteiger partial charge in [-0.05, 0) is 13.3 Å². The monoisotopic (exact) mass is 270 g/mol. The first-order chi connectivity index (χ1) is 8.54. The van der Waals surface area contributed by atoms with Crippen molar-refractivity contribution in [2.24, 2.45) is 11.7 Å². The summed E-state index contributed by atoms with van der Waals surface area (Å²) in [5.41, 5.74) is 5.54. The van der Waals surface area contributed by atoms with Gasteiger partial charge in [0, 0.05) is 13.0 Å². The van der Waals surface area contributed by atoms with Crippen LogP contribution >= 0.6 is 12.2 Å². The summed E-state index contributed by atoms with van der Waals surface area (Å²) in [4.78, 5) is 16.1. The number of carbonyl (C=O) groups is 1. The van der Waals surface area contributed by atoms with Crippen LogP contribution < -0.4 is 11.1 Å². The lowest BCUT2D eigenvalue weighted by molar-refractivity contribution is -0.123. The van der Waals surface area contributed by atoms with E-state index in [4.69, 9.17) is 22.5 Å². The van der Waals surface area contributed by atoms with Gasteiger partial charge in [0.15, 0.2) is 5.82 Å². The molecule has 0 aliphatic heterocycles. The molecule has 0 spiro atoms. The van der Waals surface area contributed by atoms with Crippen LogP contribution in [0.5, 0.6) is 0 Å². The number of hydrogen-bond donors (Lipinski definition) is 2. The first kappa shape index (κ1) is 14.6. The molecular formula is C11H18N4O2S. The van der Waals surface area contributed by atoms with E-state index in [0.29, 0.717) is 31.1 Å². The van der Waals surface area contributed by atoms with Gasteiger partial charge in [-0.3, -0.25) is 4.79 Å². The summed E-state index contributed by atoms with van der Waals surface area (Å²) in [5, 5.41) is 6.44. The van der Waals surface area contributed by atoms with Crippen molar-refractivity contribution in [2.45, 2.75) is 33.1 Å². The van der Waals surface area contributed by atoms with Gasteiger partial charge in [0.2, 0.25) is 11.8 Å². The lowest BCUT2D eigenvalue weighted by atomic mass is 10.0. The second-order valence-corrected chi connectivity index (χ2v) is 4.49. The van der Waals surface area contributed by atoms with Gasteiger partial charge in [-0.1, -0.05) is 30.7 Å². The first-order valence-corrected chi connectivity index (χ1v) is 6.31. The summed E-state index contributed by atoms with van der Waals surface area (Å²) < 4.78 is 4.94. The molecule has 1 atom stereocenters. The number of aryl methyl sites for hydroxylation is 1. The third kappa shape index (κ3) is 4.40. The molecule has 100 valence electrons. The van der Waals surface area contributed by atoms with Gasteiger partial charge in [-0.25, -0.2) is 0 Å². The normalized spacial score (nSPS) is 12.1. The molecule has 0 fully saturated rings. The minimum Gasteiger partial charge on any atom is -0.393 e. The van der Waals surface area contributed by atoms with Crippen molar-refractivity contribution in [3.8, 4) is 0 Å². The van der Waals surface area contributed by atoms with Crippen molar-refractivity contribution in [3.05, 3.63) is 11.7 Å². The summed E-state index contributed by atoms with van der Waals surface area (Å²) >= 11 is 4.88. The highest BCUT2D eigenvalue weighted by molar-refractivity contribution is 7.80. The summed E-state index contributed by atoms with van der Waals surface area (Å²) in [5.74, 6) is 0.563. The molecule has 1 heterocycles. The molecule has 0 bridgehead atoms. The third-order valence-electron chi connectivity index (χ3n) is 2.45. The molecule has 0 aliphatic carbocycles. The molecule has 0 aliphatic rings. The molecule has 1 aromatic rings. The number of rotatable bonds is 7. The highest BCUT2D eigenvalue weighted by atomic mass is 32.1. The molecule has 1 aromatic heterocycles. The number of nitrogens with one attached hydrogen (secondary N) is 1. The third-order valence-corrected chi connectivity index (χ3v) is 2.73. The van der Waals surface area contributed by atoms with Gasteiger partial charge in [0.1, 0.15) is 0 Å². The van der Waals surface area contributed by atoms with Gasteiger partial charge in [0.05, 0.1) is 10.9 Å². The van der Waals surface area contributed by atoms with Crippen LogP contribution in [-0.4, -0.2) is 27.6 Å². The predicted octanol–water partition coefficient (Wildman–Crippen LogP) is 0.739. The Balaban J connectivity index is 2.37. The minimum atomic E-state index is -0.394. The van der Waals surface area contributed by atoms with Crippen LogP contribution in [0.25, 0.3) is 0 Å². The number of nitrogens with two attached hydrogens (primary N) is 1. The highest BCUT2D eigenvalue weighted by Gasteiger charge is 2.19. The molecule has 1 unspecified atom stereocenters. The summed E-state index contributed by atoms with van der Waals surface area (Å²) in [6.45, 7) is 4.17. The average molecular weight is 270 g/mol. The van der Waals surface area contributed by atoms with Crippen LogP contribution in [0.4, 0.5) is 0 Å². The number of aromatic nitrogens is 2. The Morgan fingerprint density at radius 2 is 2.33 bits per heavy atom. The van der Waals surface area contributed by atoms with E-state index in [-0.39, 0.29) is 10.9 Å². The van der Waals surface area contributed by atoms with Gasteiger partial charge < -0.3 is 15.6 Å². The average Bonchev–Trinajstić information content (AvgIpc) is 2.71. The van der Waals surface area contributed by atoms with E-state index in [1.165, 1.54) is 0 Å². The maximum atomic E-state index is 11.8. The van der Waals surface area contributed by atoms with E-state index in [1.54, 1.807) is 6.92 Å². The second kappa shape index (κ2) is 7.05. The van der Waals surface area contributed by atoms with E-state index in [0.717, 1.165) is 6.42 Å². The standard InChI is InChI=1S/C11H18N4O2S/c1-3-4-8(10(12)18)11(16)13-6-5-9-14-7(2)15-17-9/h8H,3-6H2,1-2H3,(H2,12,18)(H,13,16). The first-order valence-electron chi connectivity index (χ1n) is 5.90. The Bertz CT molecular complexity index is 419. The zero-order chi connectivity index (χ0) is 13.5. The Morgan fingerprint density at radius 3 is 2.83 bits per heavy atom. The fourth-order valence-electron chi connectivity index (χ4n) is 1.55. The summed E-state index contributed by atoms with van der Waals surface area (Å²) in [6.07, 6.45) is 2.03. The minimum absolute atomic E-state index is 0.138. The van der Waals surface area contributed by atoms with Gasteiger partial charge in [0.25, 0.3) is 0 Å². The van der Waals surface area contributed by atoms with Gasteiger partial charge in [-0.2, -0.15) is 4.98 Å². The number of amides is 1. The fourth-order valence-corrected chi connectivity index (χ4v) is 1.77. The summed E-state index contributed by atoms with van der Waals surface area (Å²) in [6, 6.07) is 0. The van der Waals surface area contributed by atoms with E-state index >= 15 is 0 Å². The van der Waals surface area contributed by atoms with Crippen LogP contribution in [0.15, 0.2) is 4.52 Å². The van der Waals surface area contributed by atoms with Gasteiger partial charge >= 0.3 is 0 Å². The second-order valence-electron chi connectivity index (χ2n) is 4.02. The lowest BCUT2D eigenvalue weighted by Gasteiger charge is -2.13. The molecule has 0 aromatic carbocycles. The smallest absolute Gasteiger partial charge is 0.229 e. The molecule has 3 N–H and O–H groups in total. The summed E-state index contributed by atoms with van der Waals surface area (Å²) in [7, 11) is 0. The quantitative estimate of drug-likeness (QED) is 0.710.